The monoisotopic (exact) mass is 182 g/mol. The summed E-state index contributed by atoms with van der Waals surface area (Å²) in [5.41, 5.74) is -0.204. The van der Waals surface area contributed by atoms with Crippen LogP contribution in [0.1, 0.15) is 20.3 Å². The number of likely N-dealkylation sites (tertiary alicyclic amines) is 1. The molecule has 1 rings (SSSR count). The molecule has 0 bridgehead atoms. The molecule has 0 atom stereocenters. The molecular formula is C10H18N2O. The van der Waals surface area contributed by atoms with Crippen LogP contribution in [-0.4, -0.2) is 36.2 Å². The summed E-state index contributed by atoms with van der Waals surface area (Å²) in [7, 11) is 0. The highest BCUT2D eigenvalue weighted by molar-refractivity contribution is 4.93. The van der Waals surface area contributed by atoms with Crippen molar-refractivity contribution in [3.63, 3.8) is 0 Å². The van der Waals surface area contributed by atoms with E-state index in [0.29, 0.717) is 12.5 Å². The molecule has 0 unspecified atom stereocenters. The molecule has 1 fully saturated rings. The van der Waals surface area contributed by atoms with Crippen LogP contribution in [0.4, 0.5) is 0 Å². The lowest BCUT2D eigenvalue weighted by atomic mass is 9.90. The maximum Gasteiger partial charge on any atom is 0.0684 e. The third kappa shape index (κ3) is 2.98. The Morgan fingerprint density at radius 3 is 2.62 bits per heavy atom. The Labute approximate surface area is 80.0 Å². The van der Waals surface area contributed by atoms with Crippen molar-refractivity contribution in [1.82, 2.24) is 4.90 Å². The Kier molecular flexibility index (Phi) is 3.29. The minimum absolute atomic E-state index is 0.204. The van der Waals surface area contributed by atoms with Crippen LogP contribution in [0, 0.1) is 22.7 Å². The molecule has 0 amide bonds. The van der Waals surface area contributed by atoms with Crippen molar-refractivity contribution in [1.29, 1.82) is 5.26 Å². The Morgan fingerprint density at radius 1 is 1.54 bits per heavy atom. The average molecular weight is 182 g/mol. The molecule has 1 aliphatic heterocycles. The van der Waals surface area contributed by atoms with E-state index in [1.807, 2.05) is 13.8 Å². The van der Waals surface area contributed by atoms with Crippen molar-refractivity contribution >= 4 is 0 Å². The zero-order chi connectivity index (χ0) is 9.90. The highest BCUT2D eigenvalue weighted by atomic mass is 16.3. The van der Waals surface area contributed by atoms with Gasteiger partial charge in [0.2, 0.25) is 0 Å². The standard InChI is InChI=1S/C10H18N2O/c1-10(2,8-11)3-4-12-5-9(6-12)7-13/h9,13H,3-7H2,1-2H3. The van der Waals surface area contributed by atoms with Crippen LogP contribution in [-0.2, 0) is 0 Å². The van der Waals surface area contributed by atoms with Gasteiger partial charge in [-0.05, 0) is 26.8 Å². The predicted octanol–water partition coefficient (Wildman–Crippen LogP) is 0.850. The molecule has 74 valence electrons. The minimum atomic E-state index is -0.204. The maximum atomic E-state index is 8.80. The van der Waals surface area contributed by atoms with Gasteiger partial charge in [0.1, 0.15) is 0 Å². The van der Waals surface area contributed by atoms with Gasteiger partial charge in [-0.3, -0.25) is 0 Å². The number of hydrogen-bond acceptors (Lipinski definition) is 3. The summed E-state index contributed by atoms with van der Waals surface area (Å²) >= 11 is 0. The number of nitriles is 1. The fourth-order valence-corrected chi connectivity index (χ4v) is 1.47. The van der Waals surface area contributed by atoms with E-state index in [4.69, 9.17) is 10.4 Å². The molecule has 0 aliphatic carbocycles. The number of aliphatic hydroxyl groups excluding tert-OH is 1. The topological polar surface area (TPSA) is 47.3 Å². The Hall–Kier alpha value is -0.590. The number of nitrogens with zero attached hydrogens (tertiary/aromatic N) is 2. The van der Waals surface area contributed by atoms with Crippen LogP contribution >= 0.6 is 0 Å². The van der Waals surface area contributed by atoms with E-state index in [-0.39, 0.29) is 5.41 Å². The number of hydrogen-bond donors (Lipinski definition) is 1. The molecule has 0 aromatic rings. The molecule has 1 saturated heterocycles. The molecule has 0 aromatic heterocycles. The summed E-state index contributed by atoms with van der Waals surface area (Å²) in [6, 6.07) is 2.29. The number of rotatable bonds is 4. The molecule has 0 radical (unpaired) electrons. The molecule has 0 saturated carbocycles. The molecule has 0 spiro atoms. The largest absolute Gasteiger partial charge is 0.396 e. The van der Waals surface area contributed by atoms with Gasteiger partial charge < -0.3 is 10.0 Å². The lowest BCUT2D eigenvalue weighted by Gasteiger charge is -2.39. The third-order valence-electron chi connectivity index (χ3n) is 2.65. The van der Waals surface area contributed by atoms with Gasteiger partial charge in [-0.1, -0.05) is 0 Å². The normalized spacial score (nSPS) is 19.5. The van der Waals surface area contributed by atoms with Gasteiger partial charge in [0.05, 0.1) is 11.5 Å². The summed E-state index contributed by atoms with van der Waals surface area (Å²) < 4.78 is 0. The van der Waals surface area contributed by atoms with E-state index in [1.54, 1.807) is 0 Å². The second-order valence-corrected chi connectivity index (χ2v) is 4.55. The molecular weight excluding hydrogens is 164 g/mol. The SMILES string of the molecule is CC(C)(C#N)CCN1CC(CO)C1. The van der Waals surface area contributed by atoms with Gasteiger partial charge >= 0.3 is 0 Å². The van der Waals surface area contributed by atoms with Gasteiger partial charge in [0, 0.05) is 25.6 Å². The Balaban J connectivity index is 2.13. The molecule has 3 nitrogen and oxygen atoms in total. The van der Waals surface area contributed by atoms with Crippen LogP contribution in [0.3, 0.4) is 0 Å². The van der Waals surface area contributed by atoms with Crippen molar-refractivity contribution in [3.8, 4) is 6.07 Å². The van der Waals surface area contributed by atoms with Crippen molar-refractivity contribution in [3.05, 3.63) is 0 Å². The first-order valence-electron chi connectivity index (χ1n) is 4.82. The van der Waals surface area contributed by atoms with Crippen LogP contribution < -0.4 is 0 Å². The first-order valence-corrected chi connectivity index (χ1v) is 4.82. The van der Waals surface area contributed by atoms with Crippen molar-refractivity contribution in [2.45, 2.75) is 20.3 Å². The van der Waals surface area contributed by atoms with Crippen molar-refractivity contribution < 1.29 is 5.11 Å². The lowest BCUT2D eigenvalue weighted by molar-refractivity contribution is 0.0481. The lowest BCUT2D eigenvalue weighted by Crippen LogP contribution is -2.49. The summed E-state index contributed by atoms with van der Waals surface area (Å²) in [6.45, 7) is 7.22. The predicted molar refractivity (Wildman–Crippen MR) is 51.0 cm³/mol. The maximum absolute atomic E-state index is 8.80. The van der Waals surface area contributed by atoms with E-state index in [9.17, 15) is 0 Å². The molecule has 3 heteroatoms. The summed E-state index contributed by atoms with van der Waals surface area (Å²) in [5, 5.41) is 17.6. The van der Waals surface area contributed by atoms with Crippen LogP contribution in [0.2, 0.25) is 0 Å². The van der Waals surface area contributed by atoms with Gasteiger partial charge in [0.25, 0.3) is 0 Å². The van der Waals surface area contributed by atoms with Gasteiger partial charge in [-0.2, -0.15) is 5.26 Å². The van der Waals surface area contributed by atoms with Crippen LogP contribution in [0.15, 0.2) is 0 Å². The molecule has 1 aliphatic rings. The Morgan fingerprint density at radius 2 is 2.15 bits per heavy atom. The molecule has 13 heavy (non-hydrogen) atoms. The van der Waals surface area contributed by atoms with Crippen LogP contribution in [0.5, 0.6) is 0 Å². The average Bonchev–Trinajstić information content (AvgIpc) is 2.02. The molecule has 0 aromatic carbocycles. The van der Waals surface area contributed by atoms with E-state index < -0.39 is 0 Å². The highest BCUT2D eigenvalue weighted by Crippen LogP contribution is 2.22. The van der Waals surface area contributed by atoms with Crippen LogP contribution in [0.25, 0.3) is 0 Å². The second-order valence-electron chi connectivity index (χ2n) is 4.55. The summed E-state index contributed by atoms with van der Waals surface area (Å²) in [6.07, 6.45) is 0.918. The molecule has 1 heterocycles. The smallest absolute Gasteiger partial charge is 0.0684 e. The van der Waals surface area contributed by atoms with Gasteiger partial charge in [-0.15, -0.1) is 0 Å². The van der Waals surface area contributed by atoms with Crippen molar-refractivity contribution in [2.24, 2.45) is 11.3 Å². The third-order valence-corrected chi connectivity index (χ3v) is 2.65. The molecule has 1 N–H and O–H groups in total. The Bertz CT molecular complexity index is 201. The first kappa shape index (κ1) is 10.5. The fourth-order valence-electron chi connectivity index (χ4n) is 1.47. The summed E-state index contributed by atoms with van der Waals surface area (Å²) in [5.74, 6) is 0.477. The van der Waals surface area contributed by atoms with E-state index in [1.165, 1.54) is 0 Å². The zero-order valence-corrected chi connectivity index (χ0v) is 8.45. The van der Waals surface area contributed by atoms with E-state index >= 15 is 0 Å². The van der Waals surface area contributed by atoms with Gasteiger partial charge in [-0.25, -0.2) is 0 Å². The zero-order valence-electron chi connectivity index (χ0n) is 8.45. The van der Waals surface area contributed by atoms with E-state index in [2.05, 4.69) is 11.0 Å². The summed E-state index contributed by atoms with van der Waals surface area (Å²) in [4.78, 5) is 2.29. The number of aliphatic hydroxyl groups is 1. The highest BCUT2D eigenvalue weighted by Gasteiger charge is 2.27. The quantitative estimate of drug-likeness (QED) is 0.701. The first-order chi connectivity index (χ1) is 6.07. The van der Waals surface area contributed by atoms with E-state index in [0.717, 1.165) is 26.1 Å². The fraction of sp³-hybridized carbons (Fsp3) is 0.900. The minimum Gasteiger partial charge on any atom is -0.396 e. The second kappa shape index (κ2) is 4.08. The van der Waals surface area contributed by atoms with Crippen molar-refractivity contribution in [2.75, 3.05) is 26.2 Å². The van der Waals surface area contributed by atoms with Gasteiger partial charge in [0.15, 0.2) is 0 Å².